The number of aromatic hydroxyl groups is 1. The predicted molar refractivity (Wildman–Crippen MR) is 141 cm³/mol. The van der Waals surface area contributed by atoms with E-state index in [0.29, 0.717) is 28.2 Å². The fourth-order valence-electron chi connectivity index (χ4n) is 3.57. The Bertz CT molecular complexity index is 1340. The van der Waals surface area contributed by atoms with E-state index >= 15 is 0 Å². The summed E-state index contributed by atoms with van der Waals surface area (Å²) in [5.74, 6) is -0.278. The van der Waals surface area contributed by atoms with Gasteiger partial charge in [-0.05, 0) is 60.2 Å². The summed E-state index contributed by atoms with van der Waals surface area (Å²) in [4.78, 5) is 25.4. The van der Waals surface area contributed by atoms with Crippen LogP contribution in [0.2, 0.25) is 0 Å². The number of nitrogens with two attached hydrogens (primary N) is 1. The molecule has 0 heterocycles. The zero-order chi connectivity index (χ0) is 27.0. The van der Waals surface area contributed by atoms with Crippen LogP contribution < -0.4 is 21.1 Å². The number of nitrogens with zero attached hydrogens (tertiary/aromatic N) is 1. The van der Waals surface area contributed by atoms with Gasteiger partial charge in [0.2, 0.25) is 5.91 Å². The second kappa shape index (κ2) is 11.6. The van der Waals surface area contributed by atoms with Crippen LogP contribution in [0.5, 0.6) is 11.5 Å². The van der Waals surface area contributed by atoms with Crippen molar-refractivity contribution in [1.82, 2.24) is 0 Å². The highest BCUT2D eigenvalue weighted by Gasteiger charge is 2.33. The molecule has 0 aliphatic rings. The molecule has 0 aromatic heterocycles. The number of hydrogen-bond acceptors (Lipinski definition) is 7. The maximum Gasteiger partial charge on any atom is 0.412 e. The van der Waals surface area contributed by atoms with Gasteiger partial charge in [-0.2, -0.15) is 5.26 Å². The summed E-state index contributed by atoms with van der Waals surface area (Å²) in [6, 6.07) is 19.9. The molecule has 0 unspecified atom stereocenters. The van der Waals surface area contributed by atoms with Gasteiger partial charge < -0.3 is 25.6 Å². The SMILES string of the molecule is COc1ccc([C@@H](OC(=O)Nc2ccc(C#N)cc2)C(C)(C)/C=C/C(=O)Nc2ccccc2N)cc1O. The molecule has 3 aromatic rings. The van der Waals surface area contributed by atoms with Gasteiger partial charge in [-0.25, -0.2) is 4.79 Å². The van der Waals surface area contributed by atoms with E-state index in [9.17, 15) is 14.7 Å². The minimum absolute atomic E-state index is 0.127. The van der Waals surface area contributed by atoms with Crippen LogP contribution in [0, 0.1) is 16.7 Å². The van der Waals surface area contributed by atoms with Gasteiger partial charge in [-0.1, -0.05) is 38.1 Å². The predicted octanol–water partition coefficient (Wildman–Crippen LogP) is 5.37. The number of phenolic OH excluding ortho intramolecular Hbond substituents is 1. The van der Waals surface area contributed by atoms with Gasteiger partial charge in [0.25, 0.3) is 0 Å². The maximum atomic E-state index is 12.8. The summed E-state index contributed by atoms with van der Waals surface area (Å²) in [7, 11) is 1.43. The number of rotatable bonds is 8. The van der Waals surface area contributed by atoms with Crippen LogP contribution >= 0.6 is 0 Å². The van der Waals surface area contributed by atoms with Gasteiger partial charge in [0.1, 0.15) is 6.10 Å². The van der Waals surface area contributed by atoms with E-state index in [1.54, 1.807) is 80.6 Å². The van der Waals surface area contributed by atoms with E-state index in [-0.39, 0.29) is 11.5 Å². The van der Waals surface area contributed by atoms with E-state index < -0.39 is 23.5 Å². The van der Waals surface area contributed by atoms with Crippen molar-refractivity contribution >= 4 is 29.1 Å². The standard InChI is InChI=1S/C28H28N4O5/c1-28(2,15-14-25(34)32-22-7-5-4-6-21(22)30)26(19-10-13-24(36-3)23(33)16-19)37-27(35)31-20-11-8-18(17-29)9-12-20/h4-16,26,33H,30H2,1-3H3,(H,31,35)(H,32,34)/b15-14+/t26-/m1/s1. The molecule has 2 amide bonds. The average Bonchev–Trinajstić information content (AvgIpc) is 2.88. The Morgan fingerprint density at radius 2 is 1.78 bits per heavy atom. The third kappa shape index (κ3) is 7.02. The van der Waals surface area contributed by atoms with Crippen LogP contribution in [0.3, 0.4) is 0 Å². The third-order valence-corrected chi connectivity index (χ3v) is 5.55. The molecule has 37 heavy (non-hydrogen) atoms. The molecule has 5 N–H and O–H groups in total. The maximum absolute atomic E-state index is 12.8. The molecule has 0 aliphatic carbocycles. The van der Waals surface area contributed by atoms with Gasteiger partial charge in [0, 0.05) is 11.1 Å². The second-order valence-corrected chi connectivity index (χ2v) is 8.76. The largest absolute Gasteiger partial charge is 0.504 e. The van der Waals surface area contributed by atoms with E-state index in [0.717, 1.165) is 0 Å². The summed E-state index contributed by atoms with van der Waals surface area (Å²) >= 11 is 0. The first-order valence-corrected chi connectivity index (χ1v) is 11.3. The Labute approximate surface area is 215 Å². The molecule has 0 fully saturated rings. The molecule has 1 atom stereocenters. The van der Waals surface area contributed by atoms with Crippen LogP contribution in [0.4, 0.5) is 21.9 Å². The molecule has 9 heteroatoms. The number of nitriles is 1. The lowest BCUT2D eigenvalue weighted by atomic mass is 9.82. The van der Waals surface area contributed by atoms with Crippen molar-refractivity contribution in [3.05, 3.63) is 90.0 Å². The lowest BCUT2D eigenvalue weighted by Crippen LogP contribution is -2.28. The zero-order valence-electron chi connectivity index (χ0n) is 20.7. The topological polar surface area (TPSA) is 147 Å². The van der Waals surface area contributed by atoms with E-state index in [2.05, 4.69) is 10.6 Å². The van der Waals surface area contributed by atoms with Gasteiger partial charge in [0.05, 0.1) is 30.1 Å². The number of hydrogen-bond donors (Lipinski definition) is 4. The van der Waals surface area contributed by atoms with Crippen LogP contribution in [0.15, 0.2) is 78.9 Å². The molecule has 0 radical (unpaired) electrons. The van der Waals surface area contributed by atoms with Crippen LogP contribution in [0.1, 0.15) is 31.1 Å². The Kier molecular flexibility index (Phi) is 8.38. The molecular weight excluding hydrogens is 472 g/mol. The Balaban J connectivity index is 1.85. The molecule has 3 aromatic carbocycles. The highest BCUT2D eigenvalue weighted by Crippen LogP contribution is 2.41. The number of benzene rings is 3. The lowest BCUT2D eigenvalue weighted by molar-refractivity contribution is -0.112. The van der Waals surface area contributed by atoms with Crippen molar-refractivity contribution in [2.24, 2.45) is 5.41 Å². The number of anilines is 3. The molecule has 190 valence electrons. The highest BCUT2D eigenvalue weighted by atomic mass is 16.6. The second-order valence-electron chi connectivity index (χ2n) is 8.76. The van der Waals surface area contributed by atoms with Crippen LogP contribution in [-0.2, 0) is 9.53 Å². The van der Waals surface area contributed by atoms with Crippen molar-refractivity contribution in [2.75, 3.05) is 23.5 Å². The van der Waals surface area contributed by atoms with Gasteiger partial charge in [-0.3, -0.25) is 10.1 Å². The van der Waals surface area contributed by atoms with Gasteiger partial charge in [-0.15, -0.1) is 0 Å². The van der Waals surface area contributed by atoms with E-state index in [4.69, 9.17) is 20.5 Å². The Morgan fingerprint density at radius 3 is 2.41 bits per heavy atom. The number of ether oxygens (including phenoxy) is 2. The van der Waals surface area contributed by atoms with Crippen molar-refractivity contribution in [3.63, 3.8) is 0 Å². The van der Waals surface area contributed by atoms with E-state index in [1.807, 2.05) is 6.07 Å². The molecule has 0 bridgehead atoms. The summed E-state index contributed by atoms with van der Waals surface area (Å²) < 4.78 is 10.9. The number of phenols is 1. The fraction of sp³-hybridized carbons (Fsp3) is 0.179. The van der Waals surface area contributed by atoms with Crippen molar-refractivity contribution in [2.45, 2.75) is 20.0 Å². The van der Waals surface area contributed by atoms with Gasteiger partial charge >= 0.3 is 6.09 Å². The van der Waals surface area contributed by atoms with Crippen LogP contribution in [0.25, 0.3) is 0 Å². The average molecular weight is 501 g/mol. The summed E-state index contributed by atoms with van der Waals surface area (Å²) in [5.41, 5.74) is 7.27. The van der Waals surface area contributed by atoms with Crippen LogP contribution in [-0.4, -0.2) is 24.2 Å². The minimum atomic E-state index is -0.909. The first-order chi connectivity index (χ1) is 17.6. The summed E-state index contributed by atoms with van der Waals surface area (Å²) in [5, 5.41) is 24.6. The number of nitrogen functional groups attached to an aromatic ring is 1. The smallest absolute Gasteiger partial charge is 0.412 e. The quantitative estimate of drug-likeness (QED) is 0.240. The molecular formula is C28H28N4O5. The summed E-state index contributed by atoms with van der Waals surface area (Å²) in [6.45, 7) is 3.57. The molecule has 0 saturated heterocycles. The fourth-order valence-corrected chi connectivity index (χ4v) is 3.57. The normalized spacial score (nSPS) is 11.8. The number of amides is 2. The zero-order valence-corrected chi connectivity index (χ0v) is 20.7. The van der Waals surface area contributed by atoms with E-state index in [1.165, 1.54) is 19.3 Å². The molecule has 3 rings (SSSR count). The number of carbonyl (C=O) groups is 2. The number of methoxy groups -OCH3 is 1. The molecule has 9 nitrogen and oxygen atoms in total. The van der Waals surface area contributed by atoms with Crippen molar-refractivity contribution < 1.29 is 24.2 Å². The molecule has 0 saturated carbocycles. The van der Waals surface area contributed by atoms with Gasteiger partial charge in [0.15, 0.2) is 11.5 Å². The Hall–Kier alpha value is -4.97. The molecule has 0 aliphatic heterocycles. The number of para-hydroxylation sites is 2. The monoisotopic (exact) mass is 500 g/mol. The number of nitrogens with one attached hydrogen (secondary N) is 2. The summed E-state index contributed by atoms with van der Waals surface area (Å²) in [6.07, 6.45) is 1.29. The minimum Gasteiger partial charge on any atom is -0.504 e. The highest BCUT2D eigenvalue weighted by molar-refractivity contribution is 6.01. The molecule has 0 spiro atoms. The first-order valence-electron chi connectivity index (χ1n) is 11.3. The lowest BCUT2D eigenvalue weighted by Gasteiger charge is -2.32. The number of carbonyl (C=O) groups excluding carboxylic acids is 2. The van der Waals surface area contributed by atoms with Crippen molar-refractivity contribution in [1.29, 1.82) is 5.26 Å². The Morgan fingerprint density at radius 1 is 1.08 bits per heavy atom. The van der Waals surface area contributed by atoms with Crippen molar-refractivity contribution in [3.8, 4) is 17.6 Å². The third-order valence-electron chi connectivity index (χ3n) is 5.55. The first kappa shape index (κ1) is 26.6.